The Balaban J connectivity index is 0. The first-order valence-electron chi connectivity index (χ1n) is 11.3. The minimum absolute atomic E-state index is 0.0274. The maximum atomic E-state index is 5.78. The van der Waals surface area contributed by atoms with Crippen molar-refractivity contribution in [3.05, 3.63) is 0 Å². The molecule has 26 heavy (non-hydrogen) atoms. The molecule has 0 heterocycles. The average Bonchev–Trinajstić information content (AvgIpc) is 2.54. The number of rotatable bonds is 12. The van der Waals surface area contributed by atoms with E-state index in [0.29, 0.717) is 0 Å². The lowest BCUT2D eigenvalue weighted by molar-refractivity contribution is -0.0246. The smallest absolute Gasteiger partial charge is 0.0598 e. The summed E-state index contributed by atoms with van der Waals surface area (Å²) in [5, 5.41) is 0. The van der Waals surface area contributed by atoms with Crippen molar-refractivity contribution in [2.24, 2.45) is 11.8 Å². The van der Waals surface area contributed by atoms with Crippen molar-refractivity contribution in [2.75, 3.05) is 13.2 Å². The van der Waals surface area contributed by atoms with Gasteiger partial charge in [-0.05, 0) is 66.2 Å². The molecule has 160 valence electrons. The first-order valence-corrected chi connectivity index (χ1v) is 11.3. The molecule has 0 N–H and O–H groups in total. The van der Waals surface area contributed by atoms with E-state index >= 15 is 0 Å². The van der Waals surface area contributed by atoms with Crippen LogP contribution in [0, 0.1) is 11.8 Å². The Bertz CT molecular complexity index is 256. The monoisotopic (exact) mass is 372 g/mol. The molecule has 2 heteroatoms. The van der Waals surface area contributed by atoms with Gasteiger partial charge in [0.25, 0.3) is 0 Å². The summed E-state index contributed by atoms with van der Waals surface area (Å²) in [6.07, 6.45) is 10.4. The van der Waals surface area contributed by atoms with Crippen molar-refractivity contribution in [3.63, 3.8) is 0 Å². The van der Waals surface area contributed by atoms with Crippen LogP contribution in [0.3, 0.4) is 0 Å². The second-order valence-electron chi connectivity index (χ2n) is 9.68. The summed E-state index contributed by atoms with van der Waals surface area (Å²) in [5.74, 6) is 1.53. The molecule has 2 unspecified atom stereocenters. The fourth-order valence-corrected chi connectivity index (χ4v) is 2.53. The van der Waals surface area contributed by atoms with Crippen molar-refractivity contribution in [2.45, 2.75) is 132 Å². The lowest BCUT2D eigenvalue weighted by atomic mass is 10.0. The molecule has 0 aromatic rings. The zero-order chi connectivity index (χ0) is 20.6. The van der Waals surface area contributed by atoms with Gasteiger partial charge in [-0.1, -0.05) is 66.2 Å². The molecule has 0 aromatic carbocycles. The van der Waals surface area contributed by atoms with Gasteiger partial charge in [0.05, 0.1) is 24.4 Å². The van der Waals surface area contributed by atoms with Gasteiger partial charge in [-0.15, -0.1) is 0 Å². The Kier molecular flexibility index (Phi) is 17.2. The van der Waals surface area contributed by atoms with E-state index < -0.39 is 0 Å². The van der Waals surface area contributed by atoms with Gasteiger partial charge in [0.1, 0.15) is 0 Å². The molecule has 0 fully saturated rings. The Morgan fingerprint density at radius 1 is 0.577 bits per heavy atom. The molecule has 0 spiro atoms. The highest BCUT2D eigenvalue weighted by atomic mass is 16.5. The van der Waals surface area contributed by atoms with Gasteiger partial charge in [0, 0.05) is 0 Å². The van der Waals surface area contributed by atoms with Gasteiger partial charge in [0.15, 0.2) is 0 Å². The zero-order valence-corrected chi connectivity index (χ0v) is 20.0. The number of hydrogen-bond donors (Lipinski definition) is 0. The van der Waals surface area contributed by atoms with Gasteiger partial charge >= 0.3 is 0 Å². The minimum atomic E-state index is 0.0274. The van der Waals surface area contributed by atoms with E-state index in [-0.39, 0.29) is 11.2 Å². The molecular formula is C24H52O2. The van der Waals surface area contributed by atoms with Crippen LogP contribution in [0.25, 0.3) is 0 Å². The van der Waals surface area contributed by atoms with Crippen LogP contribution >= 0.6 is 0 Å². The van der Waals surface area contributed by atoms with Crippen LogP contribution in [0.5, 0.6) is 0 Å². The molecule has 0 bridgehead atoms. The summed E-state index contributed by atoms with van der Waals surface area (Å²) >= 11 is 0. The highest BCUT2D eigenvalue weighted by Gasteiger charge is 2.14. The van der Waals surface area contributed by atoms with Crippen LogP contribution in [-0.2, 0) is 9.47 Å². The predicted octanol–water partition coefficient (Wildman–Crippen LogP) is 8.04. The van der Waals surface area contributed by atoms with E-state index in [1.807, 2.05) is 0 Å². The normalized spacial score (nSPS) is 14.5. The van der Waals surface area contributed by atoms with Crippen LogP contribution in [0.15, 0.2) is 0 Å². The van der Waals surface area contributed by atoms with Gasteiger partial charge in [0.2, 0.25) is 0 Å². The van der Waals surface area contributed by atoms with Gasteiger partial charge in [-0.2, -0.15) is 0 Å². The molecule has 2 nitrogen and oxygen atoms in total. The van der Waals surface area contributed by atoms with E-state index in [4.69, 9.17) is 9.47 Å². The van der Waals surface area contributed by atoms with Crippen LogP contribution < -0.4 is 0 Å². The standard InChI is InChI=1S/2C12H26O/c2*1-6-8-9-11(7-2)10-13-12(3,4)5/h2*11H,6-10H2,1-5H3. The minimum Gasteiger partial charge on any atom is -0.376 e. The lowest BCUT2D eigenvalue weighted by Gasteiger charge is -2.23. The molecule has 0 aliphatic heterocycles. The summed E-state index contributed by atoms with van der Waals surface area (Å²) in [6, 6.07) is 0. The fraction of sp³-hybridized carbons (Fsp3) is 1.00. The second-order valence-corrected chi connectivity index (χ2v) is 9.68. The molecular weight excluding hydrogens is 320 g/mol. The van der Waals surface area contributed by atoms with E-state index in [1.54, 1.807) is 0 Å². The molecule has 0 radical (unpaired) electrons. The molecule has 2 atom stereocenters. The molecule has 0 saturated carbocycles. The van der Waals surface area contributed by atoms with E-state index in [9.17, 15) is 0 Å². The molecule has 0 aliphatic rings. The molecule has 0 rings (SSSR count). The van der Waals surface area contributed by atoms with Crippen LogP contribution in [-0.4, -0.2) is 24.4 Å². The quantitative estimate of drug-likeness (QED) is 0.345. The first-order chi connectivity index (χ1) is 12.0. The topological polar surface area (TPSA) is 18.5 Å². The highest BCUT2D eigenvalue weighted by molar-refractivity contribution is 4.63. The summed E-state index contributed by atoms with van der Waals surface area (Å²) in [6.45, 7) is 23.6. The predicted molar refractivity (Wildman–Crippen MR) is 118 cm³/mol. The largest absolute Gasteiger partial charge is 0.376 e. The van der Waals surface area contributed by atoms with Crippen molar-refractivity contribution < 1.29 is 9.47 Å². The SMILES string of the molecule is CCCCC(CC)COC(C)(C)C.CCCCC(CC)COC(C)(C)C. The molecule has 0 saturated heterocycles. The van der Waals surface area contributed by atoms with Crippen LogP contribution in [0.2, 0.25) is 0 Å². The Labute approximate surface area is 166 Å². The molecule has 0 aromatic heterocycles. The average molecular weight is 373 g/mol. The zero-order valence-electron chi connectivity index (χ0n) is 20.0. The summed E-state index contributed by atoms with van der Waals surface area (Å²) < 4.78 is 11.6. The van der Waals surface area contributed by atoms with E-state index in [2.05, 4.69) is 69.2 Å². The third-order valence-corrected chi connectivity index (χ3v) is 4.59. The maximum Gasteiger partial charge on any atom is 0.0598 e. The summed E-state index contributed by atoms with van der Waals surface area (Å²) in [5.41, 5.74) is 0.0548. The fourth-order valence-electron chi connectivity index (χ4n) is 2.53. The Morgan fingerprint density at radius 3 is 1.08 bits per heavy atom. The van der Waals surface area contributed by atoms with Gasteiger partial charge < -0.3 is 9.47 Å². The lowest BCUT2D eigenvalue weighted by Crippen LogP contribution is -2.23. The van der Waals surface area contributed by atoms with Crippen molar-refractivity contribution in [1.82, 2.24) is 0 Å². The number of hydrogen-bond acceptors (Lipinski definition) is 2. The number of unbranched alkanes of at least 4 members (excludes halogenated alkanes) is 2. The summed E-state index contributed by atoms with van der Waals surface area (Å²) in [7, 11) is 0. The van der Waals surface area contributed by atoms with Gasteiger partial charge in [-0.25, -0.2) is 0 Å². The second kappa shape index (κ2) is 15.9. The first kappa shape index (κ1) is 28.1. The Hall–Kier alpha value is -0.0800. The third-order valence-electron chi connectivity index (χ3n) is 4.59. The Morgan fingerprint density at radius 2 is 0.885 bits per heavy atom. The van der Waals surface area contributed by atoms with E-state index in [0.717, 1.165) is 25.0 Å². The highest BCUT2D eigenvalue weighted by Crippen LogP contribution is 2.17. The molecule has 0 aliphatic carbocycles. The van der Waals surface area contributed by atoms with E-state index in [1.165, 1.54) is 51.4 Å². The third kappa shape index (κ3) is 22.0. The maximum absolute atomic E-state index is 5.78. The van der Waals surface area contributed by atoms with Crippen LogP contribution in [0.4, 0.5) is 0 Å². The summed E-state index contributed by atoms with van der Waals surface area (Å²) in [4.78, 5) is 0. The van der Waals surface area contributed by atoms with Gasteiger partial charge in [-0.3, -0.25) is 0 Å². The number of ether oxygens (including phenoxy) is 2. The van der Waals surface area contributed by atoms with Crippen molar-refractivity contribution in [1.29, 1.82) is 0 Å². The van der Waals surface area contributed by atoms with Crippen molar-refractivity contribution in [3.8, 4) is 0 Å². The van der Waals surface area contributed by atoms with Crippen molar-refractivity contribution >= 4 is 0 Å². The molecule has 0 amide bonds. The van der Waals surface area contributed by atoms with Crippen LogP contribution in [0.1, 0.15) is 121 Å².